The van der Waals surface area contributed by atoms with Gasteiger partial charge in [-0.2, -0.15) is 0 Å². The number of aliphatic hydroxyl groups excluding tert-OH is 1. The van der Waals surface area contributed by atoms with Gasteiger partial charge in [0.05, 0.1) is 6.61 Å². The van der Waals surface area contributed by atoms with Crippen molar-refractivity contribution in [3.63, 3.8) is 0 Å². The van der Waals surface area contributed by atoms with Crippen molar-refractivity contribution in [2.75, 3.05) is 33.5 Å². The summed E-state index contributed by atoms with van der Waals surface area (Å²) < 4.78 is 16.7. The molecule has 0 unspecified atom stereocenters. The second-order valence-electron chi connectivity index (χ2n) is 6.87. The molecule has 6 nitrogen and oxygen atoms in total. The lowest BCUT2D eigenvalue weighted by Gasteiger charge is -2.39. The Bertz CT molecular complexity index is 434. The Morgan fingerprint density at radius 3 is 2.80 bits per heavy atom. The third-order valence-corrected chi connectivity index (χ3v) is 5.22. The number of nitrogens with one attached hydrogen (secondary N) is 1. The van der Waals surface area contributed by atoms with E-state index in [2.05, 4.69) is 5.32 Å². The van der Waals surface area contributed by atoms with Gasteiger partial charge < -0.3 is 24.6 Å². The Morgan fingerprint density at radius 1 is 1.40 bits per heavy atom. The van der Waals surface area contributed by atoms with Crippen LogP contribution in [0.3, 0.4) is 0 Å². The molecule has 3 atom stereocenters. The van der Waals surface area contributed by atoms with Crippen molar-refractivity contribution in [2.45, 2.75) is 51.7 Å². The number of hydrogen-bond acceptors (Lipinski definition) is 5. The molecular formula is C19H33NO5. The van der Waals surface area contributed by atoms with E-state index in [9.17, 15) is 9.90 Å². The maximum absolute atomic E-state index is 12.4. The molecule has 1 heterocycles. The maximum atomic E-state index is 12.4. The molecule has 0 aromatic heterocycles. The van der Waals surface area contributed by atoms with Gasteiger partial charge in [-0.3, -0.25) is 4.79 Å². The topological polar surface area (TPSA) is 77.0 Å². The zero-order chi connectivity index (χ0) is 18.1. The van der Waals surface area contributed by atoms with Crippen LogP contribution < -0.4 is 5.32 Å². The predicted molar refractivity (Wildman–Crippen MR) is 94.7 cm³/mol. The van der Waals surface area contributed by atoms with E-state index in [0.29, 0.717) is 31.4 Å². The fourth-order valence-corrected chi connectivity index (χ4v) is 4.02. The third kappa shape index (κ3) is 5.69. The zero-order valence-corrected chi connectivity index (χ0v) is 15.5. The number of hydrogen-bond donors (Lipinski definition) is 2. The average Bonchev–Trinajstić information content (AvgIpc) is 3.15. The first kappa shape index (κ1) is 20.2. The normalized spacial score (nSPS) is 27.0. The molecule has 0 radical (unpaired) electrons. The van der Waals surface area contributed by atoms with Gasteiger partial charge in [-0.1, -0.05) is 12.8 Å². The second kappa shape index (κ2) is 10.8. The first-order valence-corrected chi connectivity index (χ1v) is 9.59. The largest absolute Gasteiger partial charge is 0.459 e. The lowest BCUT2D eigenvalue weighted by molar-refractivity contribution is -0.176. The van der Waals surface area contributed by atoms with E-state index in [1.165, 1.54) is 25.7 Å². The van der Waals surface area contributed by atoms with Crippen LogP contribution >= 0.6 is 0 Å². The highest BCUT2D eigenvalue weighted by atomic mass is 16.7. The molecule has 1 amide bonds. The summed E-state index contributed by atoms with van der Waals surface area (Å²) in [5, 5.41) is 12.1. The van der Waals surface area contributed by atoms with Crippen molar-refractivity contribution in [1.82, 2.24) is 5.32 Å². The van der Waals surface area contributed by atoms with Gasteiger partial charge in [-0.15, -0.1) is 0 Å². The van der Waals surface area contributed by atoms with Crippen LogP contribution in [0.1, 0.15) is 45.4 Å². The average molecular weight is 355 g/mol. The monoisotopic (exact) mass is 355 g/mol. The molecule has 144 valence electrons. The second-order valence-corrected chi connectivity index (χ2v) is 6.87. The molecule has 2 aliphatic rings. The molecule has 0 aromatic carbocycles. The predicted octanol–water partition coefficient (Wildman–Crippen LogP) is 2.22. The van der Waals surface area contributed by atoms with Crippen molar-refractivity contribution < 1.29 is 24.1 Å². The number of ether oxygens (including phenoxy) is 3. The quantitative estimate of drug-likeness (QED) is 0.588. The van der Waals surface area contributed by atoms with Crippen molar-refractivity contribution in [3.8, 4) is 0 Å². The van der Waals surface area contributed by atoms with E-state index >= 15 is 0 Å². The fourth-order valence-electron chi connectivity index (χ4n) is 4.02. The van der Waals surface area contributed by atoms with E-state index in [0.717, 1.165) is 12.8 Å². The Kier molecular flexibility index (Phi) is 8.72. The van der Waals surface area contributed by atoms with Gasteiger partial charge in [0.2, 0.25) is 6.29 Å². The Hall–Kier alpha value is -1.11. The Labute approximate surface area is 150 Å². The number of methoxy groups -OCH3 is 1. The van der Waals surface area contributed by atoms with Crippen LogP contribution in [0.4, 0.5) is 0 Å². The number of allylic oxidation sites excluding steroid dienone is 1. The molecule has 1 saturated carbocycles. The Balaban J connectivity index is 2.16. The van der Waals surface area contributed by atoms with Gasteiger partial charge >= 0.3 is 0 Å². The summed E-state index contributed by atoms with van der Waals surface area (Å²) in [4.78, 5) is 12.4. The molecule has 2 N–H and O–H groups in total. The van der Waals surface area contributed by atoms with Crippen LogP contribution in [-0.4, -0.2) is 50.8 Å². The van der Waals surface area contributed by atoms with Gasteiger partial charge in [0.1, 0.15) is 0 Å². The van der Waals surface area contributed by atoms with Gasteiger partial charge in [-0.05, 0) is 50.5 Å². The minimum atomic E-state index is -0.421. The number of rotatable bonds is 10. The van der Waals surface area contributed by atoms with E-state index in [1.807, 2.05) is 13.0 Å². The SMILES string of the molecule is CCO[C@@H]1OC(C(=O)NCCOC)=C[C@H](C2CCCC2)[C@@H]1CCCO. The highest BCUT2D eigenvalue weighted by Crippen LogP contribution is 2.43. The molecule has 6 heteroatoms. The summed E-state index contributed by atoms with van der Waals surface area (Å²) in [6.45, 7) is 3.57. The lowest BCUT2D eigenvalue weighted by atomic mass is 9.76. The maximum Gasteiger partial charge on any atom is 0.286 e. The van der Waals surface area contributed by atoms with E-state index in [4.69, 9.17) is 14.2 Å². The van der Waals surface area contributed by atoms with Crippen LogP contribution in [0.2, 0.25) is 0 Å². The Morgan fingerprint density at radius 2 is 2.16 bits per heavy atom. The highest BCUT2D eigenvalue weighted by molar-refractivity contribution is 5.91. The summed E-state index contributed by atoms with van der Waals surface area (Å²) >= 11 is 0. The fraction of sp³-hybridized carbons (Fsp3) is 0.842. The molecule has 0 spiro atoms. The van der Waals surface area contributed by atoms with Crippen LogP contribution in [-0.2, 0) is 19.0 Å². The smallest absolute Gasteiger partial charge is 0.286 e. The molecule has 1 fully saturated rings. The highest BCUT2D eigenvalue weighted by Gasteiger charge is 2.41. The standard InChI is InChI=1S/C19H33NO5/c1-3-24-19-15(9-6-11-21)16(14-7-4-5-8-14)13-17(25-19)18(22)20-10-12-23-2/h13-16,19,21H,3-12H2,1-2H3,(H,20,22)/t15-,16+,19+/m0/s1. The molecule has 1 aliphatic heterocycles. The van der Waals surface area contributed by atoms with Gasteiger partial charge in [0.15, 0.2) is 5.76 Å². The van der Waals surface area contributed by atoms with E-state index in [-0.39, 0.29) is 24.3 Å². The minimum absolute atomic E-state index is 0.167. The van der Waals surface area contributed by atoms with Crippen LogP contribution in [0, 0.1) is 17.8 Å². The molecule has 25 heavy (non-hydrogen) atoms. The number of amides is 1. The van der Waals surface area contributed by atoms with Crippen LogP contribution in [0.5, 0.6) is 0 Å². The third-order valence-electron chi connectivity index (χ3n) is 5.22. The number of carbonyl (C=O) groups is 1. The van der Waals surface area contributed by atoms with E-state index < -0.39 is 6.29 Å². The molecule has 0 aromatic rings. The first-order chi connectivity index (χ1) is 12.2. The summed E-state index contributed by atoms with van der Waals surface area (Å²) in [5.41, 5.74) is 0. The zero-order valence-electron chi connectivity index (χ0n) is 15.5. The number of aliphatic hydroxyl groups is 1. The van der Waals surface area contributed by atoms with Crippen molar-refractivity contribution in [2.24, 2.45) is 17.8 Å². The van der Waals surface area contributed by atoms with Gasteiger partial charge in [0, 0.05) is 32.8 Å². The summed E-state index contributed by atoms with van der Waals surface area (Å²) in [7, 11) is 1.61. The van der Waals surface area contributed by atoms with Crippen molar-refractivity contribution >= 4 is 5.91 Å². The summed E-state index contributed by atoms with van der Waals surface area (Å²) in [5.74, 6) is 1.18. The summed E-state index contributed by atoms with van der Waals surface area (Å²) in [6, 6.07) is 0. The molecule has 0 saturated heterocycles. The van der Waals surface area contributed by atoms with Gasteiger partial charge in [-0.25, -0.2) is 0 Å². The molecular weight excluding hydrogens is 322 g/mol. The van der Waals surface area contributed by atoms with Crippen LogP contribution in [0.25, 0.3) is 0 Å². The molecule has 0 bridgehead atoms. The lowest BCUT2D eigenvalue weighted by Crippen LogP contribution is -2.42. The van der Waals surface area contributed by atoms with E-state index in [1.54, 1.807) is 7.11 Å². The summed E-state index contributed by atoms with van der Waals surface area (Å²) in [6.07, 6.45) is 8.03. The molecule has 2 rings (SSSR count). The van der Waals surface area contributed by atoms with Crippen LogP contribution in [0.15, 0.2) is 11.8 Å². The van der Waals surface area contributed by atoms with Gasteiger partial charge in [0.25, 0.3) is 5.91 Å². The minimum Gasteiger partial charge on any atom is -0.459 e. The van der Waals surface area contributed by atoms with Crippen molar-refractivity contribution in [3.05, 3.63) is 11.8 Å². The molecule has 1 aliphatic carbocycles. The number of carbonyl (C=O) groups excluding carboxylic acids is 1. The first-order valence-electron chi connectivity index (χ1n) is 9.59. The van der Waals surface area contributed by atoms with Crippen molar-refractivity contribution in [1.29, 1.82) is 0 Å².